The lowest BCUT2D eigenvalue weighted by molar-refractivity contribution is 0.345. The maximum atomic E-state index is 12.5. The maximum absolute atomic E-state index is 12.5. The molecule has 1 aromatic heterocycles. The van der Waals surface area contributed by atoms with E-state index >= 15 is 0 Å². The third kappa shape index (κ3) is 4.27. The first-order chi connectivity index (χ1) is 8.59. The van der Waals surface area contributed by atoms with Gasteiger partial charge in [0, 0.05) is 17.0 Å². The summed E-state index contributed by atoms with van der Waals surface area (Å²) in [7, 11) is -3.50. The number of thiophene rings is 1. The second-order valence-electron chi connectivity index (χ2n) is 5.80. The number of nitrogens with one attached hydrogen (secondary N) is 1. The minimum atomic E-state index is -3.50. The Bertz CT molecular complexity index is 535. The predicted octanol–water partition coefficient (Wildman–Crippen LogP) is 2.41. The summed E-state index contributed by atoms with van der Waals surface area (Å²) in [5, 5.41) is 0. The Morgan fingerprint density at radius 1 is 1.42 bits per heavy atom. The molecule has 0 radical (unpaired) electrons. The van der Waals surface area contributed by atoms with Crippen LogP contribution in [-0.2, 0) is 10.0 Å². The summed E-state index contributed by atoms with van der Waals surface area (Å²) in [5.41, 5.74) is 5.95. The van der Waals surface area contributed by atoms with E-state index in [0.29, 0.717) is 16.5 Å². The van der Waals surface area contributed by atoms with Crippen LogP contribution in [0.3, 0.4) is 0 Å². The smallest absolute Gasteiger partial charge is 0.250 e. The standard InChI is InChI=1S/C13H24N2O2S2/c1-9(2)7-13(5,8-14)15-19(16,17)12-10(3)6-11(4)18-12/h6,9,15H,7-8,14H2,1-5H3. The Kier molecular flexibility index (Phi) is 5.17. The summed E-state index contributed by atoms with van der Waals surface area (Å²) in [6, 6.07) is 1.89. The minimum absolute atomic E-state index is 0.286. The largest absolute Gasteiger partial charge is 0.329 e. The molecular weight excluding hydrogens is 280 g/mol. The van der Waals surface area contributed by atoms with Gasteiger partial charge in [-0.2, -0.15) is 0 Å². The van der Waals surface area contributed by atoms with Crippen molar-refractivity contribution >= 4 is 21.4 Å². The SMILES string of the molecule is Cc1cc(C)c(S(=O)(=O)NC(C)(CN)CC(C)C)s1. The molecule has 0 aliphatic heterocycles. The van der Waals surface area contributed by atoms with Crippen LogP contribution in [0.4, 0.5) is 0 Å². The lowest BCUT2D eigenvalue weighted by Gasteiger charge is -2.30. The molecule has 110 valence electrons. The molecule has 0 aliphatic rings. The fraction of sp³-hybridized carbons (Fsp3) is 0.692. The van der Waals surface area contributed by atoms with E-state index in [-0.39, 0.29) is 6.54 Å². The fourth-order valence-electron chi connectivity index (χ4n) is 2.33. The number of nitrogens with two attached hydrogens (primary N) is 1. The van der Waals surface area contributed by atoms with E-state index in [1.807, 2.05) is 26.8 Å². The summed E-state index contributed by atoms with van der Waals surface area (Å²) < 4.78 is 28.1. The molecule has 0 amide bonds. The van der Waals surface area contributed by atoms with Crippen LogP contribution in [0.2, 0.25) is 0 Å². The van der Waals surface area contributed by atoms with Gasteiger partial charge in [0.05, 0.1) is 0 Å². The van der Waals surface area contributed by atoms with Gasteiger partial charge in [-0.3, -0.25) is 0 Å². The van der Waals surface area contributed by atoms with Crippen molar-refractivity contribution in [2.24, 2.45) is 11.7 Å². The number of rotatable bonds is 6. The third-order valence-corrected chi connectivity index (χ3v) is 6.36. The van der Waals surface area contributed by atoms with Crippen molar-refractivity contribution in [3.8, 4) is 0 Å². The zero-order valence-corrected chi connectivity index (χ0v) is 13.9. The quantitative estimate of drug-likeness (QED) is 0.847. The third-order valence-electron chi connectivity index (χ3n) is 2.93. The first-order valence-electron chi connectivity index (χ1n) is 6.41. The zero-order chi connectivity index (χ0) is 14.8. The molecule has 0 saturated heterocycles. The van der Waals surface area contributed by atoms with Crippen LogP contribution < -0.4 is 10.5 Å². The van der Waals surface area contributed by atoms with Crippen LogP contribution in [0.1, 0.15) is 37.6 Å². The summed E-state index contributed by atoms with van der Waals surface area (Å²) in [6.45, 7) is 9.99. The van der Waals surface area contributed by atoms with Crippen LogP contribution >= 0.6 is 11.3 Å². The fourth-order valence-corrected chi connectivity index (χ4v) is 5.42. The van der Waals surface area contributed by atoms with E-state index < -0.39 is 15.6 Å². The molecule has 0 spiro atoms. The summed E-state index contributed by atoms with van der Waals surface area (Å²) >= 11 is 1.30. The monoisotopic (exact) mass is 304 g/mol. The van der Waals surface area contributed by atoms with Gasteiger partial charge in [0.1, 0.15) is 4.21 Å². The lowest BCUT2D eigenvalue weighted by Crippen LogP contribution is -2.51. The Morgan fingerprint density at radius 2 is 2.00 bits per heavy atom. The van der Waals surface area contributed by atoms with Gasteiger partial charge in [0.15, 0.2) is 0 Å². The Hall–Kier alpha value is -0.430. The molecule has 19 heavy (non-hydrogen) atoms. The van der Waals surface area contributed by atoms with E-state index in [1.165, 1.54) is 11.3 Å². The molecule has 3 N–H and O–H groups in total. The van der Waals surface area contributed by atoms with Crippen molar-refractivity contribution in [1.82, 2.24) is 4.72 Å². The van der Waals surface area contributed by atoms with Gasteiger partial charge in [0.2, 0.25) is 0 Å². The highest BCUT2D eigenvalue weighted by Gasteiger charge is 2.31. The van der Waals surface area contributed by atoms with Crippen molar-refractivity contribution in [3.63, 3.8) is 0 Å². The Labute approximate surface area is 120 Å². The molecule has 0 fully saturated rings. The van der Waals surface area contributed by atoms with E-state index in [4.69, 9.17) is 5.73 Å². The van der Waals surface area contributed by atoms with Crippen LogP contribution in [-0.4, -0.2) is 20.5 Å². The lowest BCUT2D eigenvalue weighted by atomic mass is 9.92. The predicted molar refractivity (Wildman–Crippen MR) is 81.0 cm³/mol. The Morgan fingerprint density at radius 3 is 2.37 bits per heavy atom. The number of hydrogen-bond donors (Lipinski definition) is 2. The Balaban J connectivity index is 3.05. The summed E-state index contributed by atoms with van der Waals surface area (Å²) in [5.74, 6) is 0.377. The molecule has 0 aromatic carbocycles. The molecule has 1 aromatic rings. The summed E-state index contributed by atoms with van der Waals surface area (Å²) in [4.78, 5) is 0.996. The number of sulfonamides is 1. The zero-order valence-electron chi connectivity index (χ0n) is 12.3. The first kappa shape index (κ1) is 16.6. The van der Waals surface area contributed by atoms with E-state index in [2.05, 4.69) is 18.6 Å². The molecule has 0 bridgehead atoms. The van der Waals surface area contributed by atoms with Gasteiger partial charge in [0.25, 0.3) is 10.0 Å². The van der Waals surface area contributed by atoms with Crippen molar-refractivity contribution in [2.75, 3.05) is 6.54 Å². The first-order valence-corrected chi connectivity index (χ1v) is 8.71. The topological polar surface area (TPSA) is 72.2 Å². The van der Waals surface area contributed by atoms with Gasteiger partial charge in [-0.05, 0) is 44.7 Å². The molecule has 1 rings (SSSR count). The van der Waals surface area contributed by atoms with E-state index in [0.717, 1.165) is 10.4 Å². The maximum Gasteiger partial charge on any atom is 0.250 e. The van der Waals surface area contributed by atoms with Crippen LogP contribution in [0.5, 0.6) is 0 Å². The van der Waals surface area contributed by atoms with Crippen LogP contribution in [0.25, 0.3) is 0 Å². The van der Waals surface area contributed by atoms with Crippen molar-refractivity contribution < 1.29 is 8.42 Å². The molecule has 6 heteroatoms. The minimum Gasteiger partial charge on any atom is -0.329 e. The van der Waals surface area contributed by atoms with Gasteiger partial charge < -0.3 is 5.73 Å². The van der Waals surface area contributed by atoms with Crippen molar-refractivity contribution in [2.45, 2.75) is 50.8 Å². The second-order valence-corrected chi connectivity index (χ2v) is 8.93. The van der Waals surface area contributed by atoms with Crippen molar-refractivity contribution in [1.29, 1.82) is 0 Å². The second kappa shape index (κ2) is 5.91. The van der Waals surface area contributed by atoms with Crippen molar-refractivity contribution in [3.05, 3.63) is 16.5 Å². The highest BCUT2D eigenvalue weighted by molar-refractivity contribution is 7.91. The molecule has 1 heterocycles. The molecule has 0 saturated carbocycles. The number of hydrogen-bond acceptors (Lipinski definition) is 4. The molecule has 1 unspecified atom stereocenters. The average Bonchev–Trinajstić information content (AvgIpc) is 2.56. The average molecular weight is 304 g/mol. The van der Waals surface area contributed by atoms with Gasteiger partial charge in [-0.15, -0.1) is 11.3 Å². The van der Waals surface area contributed by atoms with Crippen LogP contribution in [0, 0.1) is 19.8 Å². The summed E-state index contributed by atoms with van der Waals surface area (Å²) in [6.07, 6.45) is 0.714. The molecule has 4 nitrogen and oxygen atoms in total. The highest BCUT2D eigenvalue weighted by atomic mass is 32.2. The normalized spacial score (nSPS) is 15.7. The molecule has 0 aliphatic carbocycles. The van der Waals surface area contributed by atoms with Crippen LogP contribution in [0.15, 0.2) is 10.3 Å². The van der Waals surface area contributed by atoms with Gasteiger partial charge >= 0.3 is 0 Å². The molecule has 1 atom stereocenters. The number of aryl methyl sites for hydroxylation is 2. The van der Waals surface area contributed by atoms with E-state index in [9.17, 15) is 8.42 Å². The highest BCUT2D eigenvalue weighted by Crippen LogP contribution is 2.28. The van der Waals surface area contributed by atoms with E-state index in [1.54, 1.807) is 0 Å². The van der Waals surface area contributed by atoms with Gasteiger partial charge in [-0.25, -0.2) is 13.1 Å². The van der Waals surface area contributed by atoms with Gasteiger partial charge in [-0.1, -0.05) is 13.8 Å². The molecular formula is C13H24N2O2S2.